The Balaban J connectivity index is 1.94. The Hall–Kier alpha value is -2.28. The van der Waals surface area contributed by atoms with Crippen LogP contribution < -0.4 is 16.2 Å². The van der Waals surface area contributed by atoms with Gasteiger partial charge in [0.05, 0.1) is 11.4 Å². The maximum Gasteiger partial charge on any atom is 0.189 e. The van der Waals surface area contributed by atoms with Crippen molar-refractivity contribution in [1.82, 2.24) is 5.43 Å². The summed E-state index contributed by atoms with van der Waals surface area (Å²) in [5, 5.41) is 2.64. The summed E-state index contributed by atoms with van der Waals surface area (Å²) in [6, 6.07) is 9.01. The average Bonchev–Trinajstić information content (AvgIpc) is 2.40. The summed E-state index contributed by atoms with van der Waals surface area (Å²) in [7, 11) is 0. The fourth-order valence-electron chi connectivity index (χ4n) is 1.43. The van der Waals surface area contributed by atoms with E-state index in [4.69, 9.17) is 12.2 Å². The van der Waals surface area contributed by atoms with Gasteiger partial charge < -0.3 is 5.32 Å². The third-order valence-electron chi connectivity index (χ3n) is 2.36. The minimum absolute atomic E-state index is 0.0177. The molecule has 104 valence electrons. The van der Waals surface area contributed by atoms with Crippen molar-refractivity contribution < 1.29 is 13.2 Å². The van der Waals surface area contributed by atoms with Gasteiger partial charge in [-0.3, -0.25) is 10.9 Å². The van der Waals surface area contributed by atoms with Gasteiger partial charge in [0.15, 0.2) is 10.9 Å². The summed E-state index contributed by atoms with van der Waals surface area (Å²) in [5.74, 6) is -1.92. The molecule has 0 radical (unpaired) electrons. The van der Waals surface area contributed by atoms with E-state index in [0.717, 1.165) is 12.1 Å². The van der Waals surface area contributed by atoms with Gasteiger partial charge >= 0.3 is 0 Å². The molecule has 2 rings (SSSR count). The quantitative estimate of drug-likeness (QED) is 0.599. The second-order valence-electron chi connectivity index (χ2n) is 3.81. The van der Waals surface area contributed by atoms with Gasteiger partial charge in [0.25, 0.3) is 0 Å². The molecule has 3 nitrogen and oxygen atoms in total. The largest absolute Gasteiger partial charge is 0.329 e. The Morgan fingerprint density at radius 2 is 1.65 bits per heavy atom. The van der Waals surface area contributed by atoms with Crippen LogP contribution in [-0.4, -0.2) is 5.11 Å². The summed E-state index contributed by atoms with van der Waals surface area (Å²) >= 11 is 4.92. The molecule has 0 aromatic heterocycles. The van der Waals surface area contributed by atoms with Gasteiger partial charge in [0.1, 0.15) is 11.6 Å². The van der Waals surface area contributed by atoms with E-state index in [2.05, 4.69) is 16.2 Å². The number of benzene rings is 2. The molecule has 2 aromatic carbocycles. The van der Waals surface area contributed by atoms with E-state index in [0.29, 0.717) is 0 Å². The summed E-state index contributed by atoms with van der Waals surface area (Å²) < 4.78 is 39.4. The van der Waals surface area contributed by atoms with Crippen LogP contribution in [0.3, 0.4) is 0 Å². The second kappa shape index (κ2) is 6.25. The molecule has 0 bridgehead atoms. The molecular weight excluding hydrogens is 287 g/mol. The highest BCUT2D eigenvalue weighted by atomic mass is 32.1. The minimum atomic E-state index is -0.772. The SMILES string of the molecule is Fc1ccc(NNC(=S)Nc2ccccc2F)c(F)c1. The highest BCUT2D eigenvalue weighted by Crippen LogP contribution is 2.14. The zero-order valence-corrected chi connectivity index (χ0v) is 10.9. The number of hydrogen-bond acceptors (Lipinski definition) is 2. The van der Waals surface area contributed by atoms with Crippen LogP contribution in [0.4, 0.5) is 24.5 Å². The molecule has 3 N–H and O–H groups in total. The fourth-order valence-corrected chi connectivity index (χ4v) is 1.59. The van der Waals surface area contributed by atoms with Gasteiger partial charge in [-0.1, -0.05) is 12.1 Å². The molecule has 2 aromatic rings. The minimum Gasteiger partial charge on any atom is -0.329 e. The lowest BCUT2D eigenvalue weighted by Crippen LogP contribution is -2.33. The van der Waals surface area contributed by atoms with Crippen molar-refractivity contribution in [3.05, 3.63) is 59.9 Å². The van der Waals surface area contributed by atoms with Crippen LogP contribution in [0.25, 0.3) is 0 Å². The molecule has 7 heteroatoms. The molecule has 0 aliphatic rings. The van der Waals surface area contributed by atoms with Gasteiger partial charge in [-0.25, -0.2) is 13.2 Å². The average molecular weight is 297 g/mol. The zero-order chi connectivity index (χ0) is 14.5. The molecule has 20 heavy (non-hydrogen) atoms. The van der Waals surface area contributed by atoms with E-state index in [1.165, 1.54) is 18.2 Å². The molecular formula is C13H10F3N3S. The smallest absolute Gasteiger partial charge is 0.189 e. The number of thiocarbonyl (C=S) groups is 1. The Kier molecular flexibility index (Phi) is 4.41. The van der Waals surface area contributed by atoms with E-state index in [1.807, 2.05) is 0 Å². The van der Waals surface area contributed by atoms with Crippen LogP contribution in [0.1, 0.15) is 0 Å². The van der Waals surface area contributed by atoms with Gasteiger partial charge in [-0.05, 0) is 36.5 Å². The Morgan fingerprint density at radius 3 is 2.35 bits per heavy atom. The molecule has 0 fully saturated rings. The molecule has 0 spiro atoms. The monoisotopic (exact) mass is 297 g/mol. The molecule has 0 atom stereocenters. The zero-order valence-electron chi connectivity index (χ0n) is 10.1. The first-order valence-corrected chi connectivity index (χ1v) is 5.99. The highest BCUT2D eigenvalue weighted by Gasteiger charge is 2.05. The van der Waals surface area contributed by atoms with E-state index < -0.39 is 17.5 Å². The molecule has 0 heterocycles. The molecule has 0 amide bonds. The van der Waals surface area contributed by atoms with Crippen LogP contribution in [0.2, 0.25) is 0 Å². The van der Waals surface area contributed by atoms with Crippen molar-refractivity contribution >= 4 is 28.7 Å². The van der Waals surface area contributed by atoms with Crippen LogP contribution in [0.15, 0.2) is 42.5 Å². The van der Waals surface area contributed by atoms with E-state index in [9.17, 15) is 13.2 Å². The highest BCUT2D eigenvalue weighted by molar-refractivity contribution is 7.80. The number of nitrogens with one attached hydrogen (secondary N) is 3. The molecule has 0 aliphatic heterocycles. The Bertz CT molecular complexity index is 634. The Morgan fingerprint density at radius 1 is 0.900 bits per heavy atom. The van der Waals surface area contributed by atoms with E-state index >= 15 is 0 Å². The van der Waals surface area contributed by atoms with Crippen molar-refractivity contribution in [2.24, 2.45) is 0 Å². The van der Waals surface area contributed by atoms with Crippen LogP contribution in [0, 0.1) is 17.5 Å². The first-order chi connectivity index (χ1) is 9.56. The summed E-state index contributed by atoms with van der Waals surface area (Å²) in [6.45, 7) is 0. The summed E-state index contributed by atoms with van der Waals surface area (Å²) in [6.07, 6.45) is 0. The van der Waals surface area contributed by atoms with Gasteiger partial charge in [-0.2, -0.15) is 0 Å². The molecule has 0 saturated carbocycles. The van der Waals surface area contributed by atoms with Crippen molar-refractivity contribution in [1.29, 1.82) is 0 Å². The van der Waals surface area contributed by atoms with Crippen LogP contribution >= 0.6 is 12.2 Å². The van der Waals surface area contributed by atoms with E-state index in [1.54, 1.807) is 12.1 Å². The Labute approximate surface area is 118 Å². The predicted octanol–water partition coefficient (Wildman–Crippen LogP) is 3.42. The van der Waals surface area contributed by atoms with Crippen LogP contribution in [-0.2, 0) is 0 Å². The lowest BCUT2D eigenvalue weighted by molar-refractivity contribution is 0.584. The second-order valence-corrected chi connectivity index (χ2v) is 4.22. The normalized spacial score (nSPS) is 9.95. The van der Waals surface area contributed by atoms with Gasteiger partial charge in [0.2, 0.25) is 0 Å². The maximum atomic E-state index is 13.3. The first-order valence-electron chi connectivity index (χ1n) is 5.59. The molecule has 0 saturated heterocycles. The predicted molar refractivity (Wildman–Crippen MR) is 75.7 cm³/mol. The number of hydrogen-bond donors (Lipinski definition) is 3. The third-order valence-corrected chi connectivity index (χ3v) is 2.57. The lowest BCUT2D eigenvalue weighted by atomic mass is 10.3. The van der Waals surface area contributed by atoms with Crippen molar-refractivity contribution in [3.8, 4) is 0 Å². The topological polar surface area (TPSA) is 36.1 Å². The van der Waals surface area contributed by atoms with Crippen molar-refractivity contribution in [2.75, 3.05) is 10.7 Å². The number of hydrazine groups is 1. The van der Waals surface area contributed by atoms with Gasteiger partial charge in [-0.15, -0.1) is 0 Å². The standard InChI is InChI=1S/C13H10F3N3S/c14-8-5-6-12(10(16)7-8)18-19-13(20)17-11-4-2-1-3-9(11)15/h1-7,18H,(H2,17,19,20). The summed E-state index contributed by atoms with van der Waals surface area (Å²) in [5.41, 5.74) is 5.14. The van der Waals surface area contributed by atoms with Crippen LogP contribution in [0.5, 0.6) is 0 Å². The number of rotatable bonds is 3. The molecule has 0 aliphatic carbocycles. The van der Waals surface area contributed by atoms with Crippen molar-refractivity contribution in [2.45, 2.75) is 0 Å². The third kappa shape index (κ3) is 3.61. The fraction of sp³-hybridized carbons (Fsp3) is 0. The first kappa shape index (κ1) is 14.1. The molecule has 0 unspecified atom stereocenters. The van der Waals surface area contributed by atoms with Crippen molar-refractivity contribution in [3.63, 3.8) is 0 Å². The number of anilines is 2. The lowest BCUT2D eigenvalue weighted by Gasteiger charge is -2.13. The van der Waals surface area contributed by atoms with Gasteiger partial charge in [0, 0.05) is 6.07 Å². The number of halogens is 3. The van der Waals surface area contributed by atoms with E-state index in [-0.39, 0.29) is 16.5 Å². The number of para-hydroxylation sites is 1. The summed E-state index contributed by atoms with van der Waals surface area (Å²) in [4.78, 5) is 0. The maximum absolute atomic E-state index is 13.3.